The summed E-state index contributed by atoms with van der Waals surface area (Å²) in [5.41, 5.74) is 0.708. The number of nitrogens with zero attached hydrogens (tertiary/aromatic N) is 3. The molecule has 3 amide bonds. The van der Waals surface area contributed by atoms with E-state index in [1.54, 1.807) is 33.7 Å². The Hall–Kier alpha value is -2.78. The SMILES string of the molecule is C=CCN(C(=O)[C@@H]1[C@H]2C(=O)N([C@@H](CO)C(C)C)C(C(=O)N(CC=C)C(C)CCC)C23CC[C@@]1(C)S3)c1ccc(OCC)cc1. The number of anilines is 1. The van der Waals surface area contributed by atoms with Crippen LogP contribution in [0.15, 0.2) is 49.6 Å². The highest BCUT2D eigenvalue weighted by molar-refractivity contribution is 8.02. The summed E-state index contributed by atoms with van der Waals surface area (Å²) in [4.78, 5) is 49.5. The van der Waals surface area contributed by atoms with E-state index in [0.29, 0.717) is 25.3 Å². The zero-order chi connectivity index (χ0) is 32.4. The van der Waals surface area contributed by atoms with Crippen molar-refractivity contribution in [2.24, 2.45) is 17.8 Å². The highest BCUT2D eigenvalue weighted by Gasteiger charge is 2.78. The lowest BCUT2D eigenvalue weighted by atomic mass is 9.66. The quantitative estimate of drug-likeness (QED) is 0.266. The molecule has 1 aromatic rings. The Kier molecular flexibility index (Phi) is 10.6. The van der Waals surface area contributed by atoms with Gasteiger partial charge in [0.15, 0.2) is 0 Å². The monoisotopic (exact) mass is 625 g/mol. The highest BCUT2D eigenvalue weighted by Crippen LogP contribution is 2.72. The number of thioether (sulfide) groups is 1. The molecule has 7 atom stereocenters. The smallest absolute Gasteiger partial charge is 0.247 e. The number of rotatable bonds is 15. The average Bonchev–Trinajstić information content (AvgIpc) is 3.56. The standard InChI is InChI=1S/C35H51N3O5S/c1-9-13-24(7)36(20-10-2)33(42)30-35-19-18-34(8,44-35)28(29(35)32(41)38(30)27(22-39)23(5)6)31(40)37(21-11-3)25-14-16-26(17-15-25)43-12-4/h10-11,14-17,23-24,27-30,39H,2-3,9,12-13,18-22H2,1,4-8H3/t24?,27-,28-,29-,30?,34+,35?/m0/s1. The fraction of sp³-hybridized carbons (Fsp3) is 0.629. The Morgan fingerprint density at radius 2 is 1.77 bits per heavy atom. The molecule has 242 valence electrons. The third-order valence-corrected chi connectivity index (χ3v) is 11.9. The maximum Gasteiger partial charge on any atom is 0.247 e. The topological polar surface area (TPSA) is 90.4 Å². The summed E-state index contributed by atoms with van der Waals surface area (Å²) in [5, 5.41) is 10.6. The van der Waals surface area contributed by atoms with Crippen LogP contribution in [-0.2, 0) is 14.4 Å². The van der Waals surface area contributed by atoms with Crippen LogP contribution in [0, 0.1) is 17.8 Å². The van der Waals surface area contributed by atoms with E-state index in [9.17, 15) is 19.5 Å². The molecule has 0 saturated carbocycles. The molecule has 0 aromatic heterocycles. The van der Waals surface area contributed by atoms with Gasteiger partial charge in [0.05, 0.1) is 35.8 Å². The Bertz CT molecular complexity index is 1240. The molecule has 3 aliphatic heterocycles. The number of amides is 3. The van der Waals surface area contributed by atoms with E-state index in [1.807, 2.05) is 56.9 Å². The normalized spacial score (nSPS) is 28.5. The van der Waals surface area contributed by atoms with Gasteiger partial charge in [-0.2, -0.15) is 0 Å². The van der Waals surface area contributed by atoms with Crippen molar-refractivity contribution in [3.8, 4) is 5.75 Å². The first-order valence-electron chi connectivity index (χ1n) is 16.2. The second kappa shape index (κ2) is 13.7. The molecule has 3 fully saturated rings. The van der Waals surface area contributed by atoms with Crippen molar-refractivity contribution in [3.05, 3.63) is 49.6 Å². The zero-order valence-electron chi connectivity index (χ0n) is 27.3. The Labute approximate surface area is 267 Å². The van der Waals surface area contributed by atoms with Gasteiger partial charge in [0.2, 0.25) is 17.7 Å². The number of benzene rings is 1. The molecule has 44 heavy (non-hydrogen) atoms. The summed E-state index contributed by atoms with van der Waals surface area (Å²) in [6.45, 7) is 20.9. The molecule has 0 aliphatic carbocycles. The molecule has 0 radical (unpaired) electrons. The molecule has 3 saturated heterocycles. The van der Waals surface area contributed by atoms with E-state index < -0.39 is 33.4 Å². The zero-order valence-corrected chi connectivity index (χ0v) is 28.1. The second-order valence-corrected chi connectivity index (χ2v) is 14.9. The lowest BCUT2D eigenvalue weighted by Gasteiger charge is -2.42. The number of likely N-dealkylation sites (tertiary alicyclic amines) is 1. The number of fused-ring (bicyclic) bond motifs is 1. The number of aliphatic hydroxyl groups excluding tert-OH is 1. The Balaban J connectivity index is 1.82. The summed E-state index contributed by atoms with van der Waals surface area (Å²) < 4.78 is 4.33. The van der Waals surface area contributed by atoms with Crippen LogP contribution in [-0.4, -0.2) is 86.6 Å². The van der Waals surface area contributed by atoms with Gasteiger partial charge in [-0.15, -0.1) is 24.9 Å². The van der Waals surface area contributed by atoms with E-state index in [4.69, 9.17) is 4.74 Å². The van der Waals surface area contributed by atoms with Crippen LogP contribution in [0.5, 0.6) is 5.75 Å². The van der Waals surface area contributed by atoms with Gasteiger partial charge in [0, 0.05) is 29.6 Å². The Morgan fingerprint density at radius 1 is 1.11 bits per heavy atom. The van der Waals surface area contributed by atoms with Crippen molar-refractivity contribution in [2.75, 3.05) is 31.2 Å². The molecule has 8 nitrogen and oxygen atoms in total. The lowest BCUT2D eigenvalue weighted by molar-refractivity contribution is -0.147. The average molecular weight is 626 g/mol. The van der Waals surface area contributed by atoms with Gasteiger partial charge in [-0.05, 0) is 70.2 Å². The van der Waals surface area contributed by atoms with E-state index in [0.717, 1.165) is 25.0 Å². The van der Waals surface area contributed by atoms with Crippen LogP contribution in [0.1, 0.15) is 67.2 Å². The molecule has 1 aromatic carbocycles. The number of carbonyl (C=O) groups excluding carboxylic acids is 3. The van der Waals surface area contributed by atoms with Gasteiger partial charge in [-0.3, -0.25) is 14.4 Å². The summed E-state index contributed by atoms with van der Waals surface area (Å²) in [5.74, 6) is -1.11. The highest BCUT2D eigenvalue weighted by atomic mass is 32.2. The van der Waals surface area contributed by atoms with Crippen LogP contribution in [0.3, 0.4) is 0 Å². The first kappa shape index (κ1) is 34.1. The van der Waals surface area contributed by atoms with Crippen molar-refractivity contribution in [1.82, 2.24) is 9.80 Å². The van der Waals surface area contributed by atoms with Crippen molar-refractivity contribution in [1.29, 1.82) is 0 Å². The lowest BCUT2D eigenvalue weighted by Crippen LogP contribution is -2.59. The number of hydrogen-bond acceptors (Lipinski definition) is 6. The number of ether oxygens (including phenoxy) is 1. The third-order valence-electron chi connectivity index (χ3n) is 9.91. The summed E-state index contributed by atoms with van der Waals surface area (Å²) in [7, 11) is 0. The number of hydrogen-bond donors (Lipinski definition) is 1. The summed E-state index contributed by atoms with van der Waals surface area (Å²) in [6.07, 6.45) is 6.56. The first-order valence-corrected chi connectivity index (χ1v) is 17.0. The van der Waals surface area contributed by atoms with Crippen molar-refractivity contribution < 1.29 is 24.2 Å². The molecule has 1 spiro atoms. The second-order valence-electron chi connectivity index (χ2n) is 13.0. The molecule has 1 N–H and O–H groups in total. The van der Waals surface area contributed by atoms with Gasteiger partial charge >= 0.3 is 0 Å². The van der Waals surface area contributed by atoms with Crippen LogP contribution in [0.2, 0.25) is 0 Å². The van der Waals surface area contributed by atoms with E-state index in [2.05, 4.69) is 27.0 Å². The van der Waals surface area contributed by atoms with E-state index >= 15 is 0 Å². The van der Waals surface area contributed by atoms with Crippen molar-refractivity contribution in [3.63, 3.8) is 0 Å². The molecule has 3 heterocycles. The van der Waals surface area contributed by atoms with Crippen LogP contribution in [0.4, 0.5) is 5.69 Å². The van der Waals surface area contributed by atoms with E-state index in [-0.39, 0.29) is 42.8 Å². The van der Waals surface area contributed by atoms with Crippen molar-refractivity contribution in [2.45, 2.75) is 94.8 Å². The molecular weight excluding hydrogens is 574 g/mol. The third kappa shape index (κ3) is 5.70. The van der Waals surface area contributed by atoms with Gasteiger partial charge in [0.25, 0.3) is 0 Å². The summed E-state index contributed by atoms with van der Waals surface area (Å²) in [6, 6.07) is 6.06. The molecule has 3 unspecified atom stereocenters. The van der Waals surface area contributed by atoms with Crippen LogP contribution in [0.25, 0.3) is 0 Å². The molecule has 3 aliphatic rings. The van der Waals surface area contributed by atoms with Gasteiger partial charge in [0.1, 0.15) is 11.8 Å². The first-order chi connectivity index (χ1) is 21.0. The maximum atomic E-state index is 14.8. The number of aliphatic hydroxyl groups is 1. The predicted molar refractivity (Wildman–Crippen MR) is 178 cm³/mol. The summed E-state index contributed by atoms with van der Waals surface area (Å²) >= 11 is 1.66. The molecule has 4 rings (SSSR count). The molecule has 9 heteroatoms. The minimum Gasteiger partial charge on any atom is -0.494 e. The number of carbonyl (C=O) groups is 3. The molecule has 2 bridgehead atoms. The van der Waals surface area contributed by atoms with Gasteiger partial charge < -0.3 is 24.5 Å². The fourth-order valence-corrected chi connectivity index (χ4v) is 10.2. The van der Waals surface area contributed by atoms with Gasteiger partial charge in [-0.1, -0.05) is 39.3 Å². The van der Waals surface area contributed by atoms with E-state index in [1.165, 1.54) is 0 Å². The fourth-order valence-electron chi connectivity index (χ4n) is 7.86. The van der Waals surface area contributed by atoms with Crippen molar-refractivity contribution >= 4 is 35.2 Å². The Morgan fingerprint density at radius 3 is 2.32 bits per heavy atom. The largest absolute Gasteiger partial charge is 0.494 e. The van der Waals surface area contributed by atoms with Crippen LogP contribution >= 0.6 is 11.8 Å². The molecular formula is C35H51N3O5S. The predicted octanol–water partition coefficient (Wildman–Crippen LogP) is 5.31. The minimum atomic E-state index is -0.776. The maximum absolute atomic E-state index is 14.8. The van der Waals surface area contributed by atoms with Crippen LogP contribution < -0.4 is 9.64 Å². The van der Waals surface area contributed by atoms with Gasteiger partial charge in [-0.25, -0.2) is 0 Å². The minimum absolute atomic E-state index is 0.0381.